The number of para-hydroxylation sites is 3. The van der Waals surface area contributed by atoms with Gasteiger partial charge in [-0.15, -0.1) is 0 Å². The van der Waals surface area contributed by atoms with E-state index in [0.717, 1.165) is 66.5 Å². The number of fused-ring (bicyclic) bond motifs is 6. The Kier molecular flexibility index (Phi) is 8.54. The van der Waals surface area contributed by atoms with Crippen molar-refractivity contribution in [2.45, 2.75) is 0 Å². The molecule has 11 aromatic rings. The molecule has 0 atom stereocenters. The molecule has 3 heterocycles. The van der Waals surface area contributed by atoms with Gasteiger partial charge in [0.2, 0.25) is 0 Å². The number of rotatable bonds is 6. The van der Waals surface area contributed by atoms with E-state index in [4.69, 9.17) is 4.98 Å². The molecule has 6 nitrogen and oxygen atoms in total. The molecule has 3 aromatic heterocycles. The Bertz CT molecular complexity index is 3690. The van der Waals surface area contributed by atoms with Crippen molar-refractivity contribution in [3.8, 4) is 74.4 Å². The summed E-state index contributed by atoms with van der Waals surface area (Å²) in [6, 6.07) is 72.4. The van der Waals surface area contributed by atoms with Crippen LogP contribution in [-0.2, 0) is 0 Å². The van der Waals surface area contributed by atoms with Crippen LogP contribution in [0.1, 0.15) is 16.7 Å². The van der Waals surface area contributed by atoms with Gasteiger partial charge in [-0.1, -0.05) is 140 Å². The van der Waals surface area contributed by atoms with Crippen molar-refractivity contribution in [1.29, 1.82) is 15.8 Å². The van der Waals surface area contributed by atoms with Crippen molar-refractivity contribution in [2.24, 2.45) is 0 Å². The summed E-state index contributed by atoms with van der Waals surface area (Å²) in [6.07, 6.45) is 0. The zero-order chi connectivity index (χ0) is 41.7. The molecule has 0 radical (unpaired) electrons. The molecule has 0 spiro atoms. The maximum absolute atomic E-state index is 10.8. The second-order valence-corrected chi connectivity index (χ2v) is 15.2. The average Bonchev–Trinajstić information content (AvgIpc) is 3.84. The van der Waals surface area contributed by atoms with Crippen LogP contribution >= 0.6 is 0 Å². The molecule has 0 N–H and O–H groups in total. The van der Waals surface area contributed by atoms with Gasteiger partial charge in [0.1, 0.15) is 12.1 Å². The number of aromatic nitrogens is 3. The van der Waals surface area contributed by atoms with Gasteiger partial charge in [0, 0.05) is 49.6 Å². The molecule has 0 aliphatic rings. The van der Waals surface area contributed by atoms with Gasteiger partial charge in [-0.25, -0.2) is 4.98 Å². The van der Waals surface area contributed by atoms with Crippen molar-refractivity contribution < 1.29 is 0 Å². The van der Waals surface area contributed by atoms with E-state index in [1.165, 1.54) is 10.8 Å². The Morgan fingerprint density at radius 3 is 1.44 bits per heavy atom. The molecule has 62 heavy (non-hydrogen) atoms. The van der Waals surface area contributed by atoms with Crippen LogP contribution in [-0.4, -0.2) is 14.1 Å². The molecular weight excluding hydrogens is 757 g/mol. The lowest BCUT2D eigenvalue weighted by molar-refractivity contribution is 1.17. The van der Waals surface area contributed by atoms with E-state index in [9.17, 15) is 15.8 Å². The maximum atomic E-state index is 10.8. The van der Waals surface area contributed by atoms with Crippen LogP contribution in [0.4, 0.5) is 0 Å². The predicted molar refractivity (Wildman–Crippen MR) is 249 cm³/mol. The van der Waals surface area contributed by atoms with E-state index in [2.05, 4.69) is 130 Å². The van der Waals surface area contributed by atoms with Crippen LogP contribution in [0.2, 0.25) is 0 Å². The minimum Gasteiger partial charge on any atom is -0.309 e. The van der Waals surface area contributed by atoms with Gasteiger partial charge >= 0.3 is 0 Å². The van der Waals surface area contributed by atoms with Crippen LogP contribution in [0.15, 0.2) is 194 Å². The molecule has 0 aliphatic carbocycles. The van der Waals surface area contributed by atoms with Gasteiger partial charge in [-0.05, 0) is 71.3 Å². The van der Waals surface area contributed by atoms with E-state index < -0.39 is 0 Å². The number of hydrogen-bond acceptors (Lipinski definition) is 4. The molecule has 0 bridgehead atoms. The molecule has 0 fully saturated rings. The van der Waals surface area contributed by atoms with Crippen LogP contribution in [0.5, 0.6) is 0 Å². The number of pyridine rings is 1. The lowest BCUT2D eigenvalue weighted by Gasteiger charge is -2.16. The molecular formula is C56H32N6. The minimum atomic E-state index is 0.276. The van der Waals surface area contributed by atoms with E-state index in [-0.39, 0.29) is 5.56 Å². The van der Waals surface area contributed by atoms with Crippen LogP contribution < -0.4 is 0 Å². The molecule has 0 saturated carbocycles. The molecule has 0 unspecified atom stereocenters. The second-order valence-electron chi connectivity index (χ2n) is 15.2. The summed E-state index contributed by atoms with van der Waals surface area (Å²) in [5.74, 6) is 0. The zero-order valence-electron chi connectivity index (χ0n) is 33.2. The number of nitriles is 3. The molecule has 0 saturated heterocycles. The standard InChI is InChI=1S/C56H32N6/c57-33-40-29-39(56-49(35-59)54(36-15-5-1-6-16-36)48(34-58)55(60-56)37-17-7-2-8-18-37)26-27-43(40)38-25-28-45-47-32-52-46(31-53(47)62(51(45)30-38)42-21-11-4-12-22-42)44-23-13-14-24-50(44)61(52)41-19-9-3-10-20-41/h1-32H. The normalized spacial score (nSPS) is 11.2. The predicted octanol–water partition coefficient (Wildman–Crippen LogP) is 13.6. The molecule has 11 rings (SSSR count). The Labute approximate surface area is 357 Å². The third-order valence-corrected chi connectivity index (χ3v) is 11.8. The van der Waals surface area contributed by atoms with Crippen molar-refractivity contribution in [1.82, 2.24) is 14.1 Å². The highest BCUT2D eigenvalue weighted by molar-refractivity contribution is 6.19. The van der Waals surface area contributed by atoms with Gasteiger partial charge in [-0.3, -0.25) is 0 Å². The molecule has 286 valence electrons. The summed E-state index contributed by atoms with van der Waals surface area (Å²) in [4.78, 5) is 5.03. The monoisotopic (exact) mass is 788 g/mol. The Morgan fingerprint density at radius 2 is 0.839 bits per heavy atom. The highest BCUT2D eigenvalue weighted by Gasteiger charge is 2.24. The van der Waals surface area contributed by atoms with E-state index in [1.54, 1.807) is 0 Å². The van der Waals surface area contributed by atoms with Crippen molar-refractivity contribution in [3.05, 3.63) is 211 Å². The first-order valence-corrected chi connectivity index (χ1v) is 20.3. The van der Waals surface area contributed by atoms with Crippen molar-refractivity contribution in [2.75, 3.05) is 0 Å². The number of benzene rings is 8. The third kappa shape index (κ3) is 5.66. The van der Waals surface area contributed by atoms with Gasteiger partial charge in [0.25, 0.3) is 0 Å². The first kappa shape index (κ1) is 36.1. The van der Waals surface area contributed by atoms with E-state index >= 15 is 0 Å². The molecule has 6 heteroatoms. The molecule has 8 aromatic carbocycles. The summed E-state index contributed by atoms with van der Waals surface area (Å²) in [6.45, 7) is 0. The smallest absolute Gasteiger partial charge is 0.102 e. The third-order valence-electron chi connectivity index (χ3n) is 11.8. The fourth-order valence-electron chi connectivity index (χ4n) is 9.10. The zero-order valence-corrected chi connectivity index (χ0v) is 33.2. The summed E-state index contributed by atoms with van der Waals surface area (Å²) in [7, 11) is 0. The lowest BCUT2D eigenvalue weighted by Crippen LogP contribution is -2.02. The SMILES string of the molecule is N#Cc1cc(-c2nc(-c3ccccc3)c(C#N)c(-c3ccccc3)c2C#N)ccc1-c1ccc2c3cc4c(cc3n(-c3ccccc3)c2c1)c1ccccc1n4-c1ccccc1. The maximum Gasteiger partial charge on any atom is 0.102 e. The topological polar surface area (TPSA) is 94.1 Å². The van der Waals surface area contributed by atoms with Gasteiger partial charge < -0.3 is 9.13 Å². The number of hydrogen-bond donors (Lipinski definition) is 0. The van der Waals surface area contributed by atoms with Crippen LogP contribution in [0.25, 0.3) is 99.8 Å². The molecule has 0 amide bonds. The van der Waals surface area contributed by atoms with Crippen LogP contribution in [0.3, 0.4) is 0 Å². The first-order valence-electron chi connectivity index (χ1n) is 20.3. The summed E-state index contributed by atoms with van der Waals surface area (Å²) in [5, 5.41) is 36.7. The van der Waals surface area contributed by atoms with Gasteiger partial charge in [-0.2, -0.15) is 15.8 Å². The Hall–Kier alpha value is -9.02. The van der Waals surface area contributed by atoms with Crippen molar-refractivity contribution >= 4 is 43.6 Å². The van der Waals surface area contributed by atoms with E-state index in [1.807, 2.05) is 91.0 Å². The summed E-state index contributed by atoms with van der Waals surface area (Å²) >= 11 is 0. The quantitative estimate of drug-likeness (QED) is 0.168. The minimum absolute atomic E-state index is 0.276. The summed E-state index contributed by atoms with van der Waals surface area (Å²) < 4.78 is 4.66. The fraction of sp³-hybridized carbons (Fsp3) is 0. The largest absolute Gasteiger partial charge is 0.309 e. The van der Waals surface area contributed by atoms with Gasteiger partial charge in [0.05, 0.1) is 56.2 Å². The first-order chi connectivity index (χ1) is 30.6. The Balaban J connectivity index is 1.13. The molecule has 0 aliphatic heterocycles. The highest BCUT2D eigenvalue weighted by Crippen LogP contribution is 2.43. The average molecular weight is 789 g/mol. The Morgan fingerprint density at radius 1 is 0.355 bits per heavy atom. The lowest BCUT2D eigenvalue weighted by atomic mass is 9.88. The number of nitrogens with zero attached hydrogens (tertiary/aromatic N) is 6. The highest BCUT2D eigenvalue weighted by atomic mass is 15.0. The summed E-state index contributed by atoms with van der Waals surface area (Å²) in [5.41, 5.74) is 12.7. The fourth-order valence-corrected chi connectivity index (χ4v) is 9.10. The van der Waals surface area contributed by atoms with E-state index in [0.29, 0.717) is 33.6 Å². The van der Waals surface area contributed by atoms with Crippen LogP contribution in [0, 0.1) is 34.0 Å². The second kappa shape index (κ2) is 14.7. The van der Waals surface area contributed by atoms with Gasteiger partial charge in [0.15, 0.2) is 0 Å². The van der Waals surface area contributed by atoms with Crippen molar-refractivity contribution in [3.63, 3.8) is 0 Å².